The SMILES string of the molecule is O=C(OCCCCS(=O)(=O)F)c1ccco1. The number of rotatable bonds is 6. The highest BCUT2D eigenvalue weighted by molar-refractivity contribution is 7.86. The van der Waals surface area contributed by atoms with E-state index in [2.05, 4.69) is 0 Å². The standard InChI is InChI=1S/C9H11FO5S/c10-16(12,13)7-2-1-5-15-9(11)8-4-3-6-14-8/h3-4,6H,1-2,5,7H2. The van der Waals surface area contributed by atoms with E-state index >= 15 is 0 Å². The van der Waals surface area contributed by atoms with Gasteiger partial charge in [0, 0.05) is 0 Å². The van der Waals surface area contributed by atoms with E-state index in [0.717, 1.165) is 0 Å². The molecule has 0 atom stereocenters. The molecule has 0 spiro atoms. The molecule has 90 valence electrons. The largest absolute Gasteiger partial charge is 0.460 e. The van der Waals surface area contributed by atoms with E-state index in [1.54, 1.807) is 6.07 Å². The normalized spacial score (nSPS) is 11.3. The summed E-state index contributed by atoms with van der Waals surface area (Å²) < 4.78 is 41.8. The molecule has 0 amide bonds. The second-order valence-electron chi connectivity index (χ2n) is 3.06. The first-order valence-corrected chi connectivity index (χ1v) is 6.17. The predicted molar refractivity (Wildman–Crippen MR) is 53.1 cm³/mol. The van der Waals surface area contributed by atoms with Gasteiger partial charge in [-0.2, -0.15) is 8.42 Å². The van der Waals surface area contributed by atoms with E-state index < -0.39 is 21.9 Å². The topological polar surface area (TPSA) is 73.6 Å². The average Bonchev–Trinajstić information content (AvgIpc) is 2.67. The second kappa shape index (κ2) is 5.64. The fourth-order valence-electron chi connectivity index (χ4n) is 1.01. The Kier molecular flexibility index (Phi) is 4.48. The third kappa shape index (κ3) is 4.92. The van der Waals surface area contributed by atoms with E-state index in [0.29, 0.717) is 0 Å². The van der Waals surface area contributed by atoms with E-state index in [-0.39, 0.29) is 25.2 Å². The zero-order valence-corrected chi connectivity index (χ0v) is 9.20. The van der Waals surface area contributed by atoms with Crippen molar-refractivity contribution in [2.75, 3.05) is 12.4 Å². The average molecular weight is 250 g/mol. The summed E-state index contributed by atoms with van der Waals surface area (Å²) in [5, 5.41) is 0. The van der Waals surface area contributed by atoms with Crippen LogP contribution >= 0.6 is 0 Å². The third-order valence-corrected chi connectivity index (χ3v) is 2.51. The number of furan rings is 1. The zero-order chi connectivity index (χ0) is 12.0. The van der Waals surface area contributed by atoms with Crippen LogP contribution in [0, 0.1) is 0 Å². The fourth-order valence-corrected chi connectivity index (χ4v) is 1.56. The molecule has 16 heavy (non-hydrogen) atoms. The molecule has 0 fully saturated rings. The van der Waals surface area contributed by atoms with Crippen molar-refractivity contribution in [3.63, 3.8) is 0 Å². The molecule has 0 saturated heterocycles. The second-order valence-corrected chi connectivity index (χ2v) is 4.55. The van der Waals surface area contributed by atoms with Crippen LogP contribution in [0.25, 0.3) is 0 Å². The Hall–Kier alpha value is -1.37. The van der Waals surface area contributed by atoms with E-state index in [1.807, 2.05) is 0 Å². The molecule has 1 rings (SSSR count). The maximum atomic E-state index is 12.0. The Morgan fingerprint density at radius 3 is 2.75 bits per heavy atom. The summed E-state index contributed by atoms with van der Waals surface area (Å²) in [4.78, 5) is 11.2. The zero-order valence-electron chi connectivity index (χ0n) is 8.39. The molecular formula is C9H11FO5S. The van der Waals surface area contributed by atoms with Gasteiger partial charge in [0.25, 0.3) is 0 Å². The molecule has 1 aromatic rings. The van der Waals surface area contributed by atoms with Gasteiger partial charge in [0.05, 0.1) is 18.6 Å². The van der Waals surface area contributed by atoms with Crippen LogP contribution in [0.3, 0.4) is 0 Å². The number of unbranched alkanes of at least 4 members (excludes halogenated alkanes) is 1. The molecular weight excluding hydrogens is 239 g/mol. The van der Waals surface area contributed by atoms with Crippen LogP contribution in [-0.4, -0.2) is 26.7 Å². The predicted octanol–water partition coefficient (Wildman–Crippen LogP) is 1.52. The minimum atomic E-state index is -4.43. The molecule has 1 heterocycles. The lowest BCUT2D eigenvalue weighted by Gasteiger charge is -2.01. The summed E-state index contributed by atoms with van der Waals surface area (Å²) in [6, 6.07) is 3.00. The number of esters is 1. The smallest absolute Gasteiger partial charge is 0.374 e. The maximum Gasteiger partial charge on any atom is 0.374 e. The summed E-state index contributed by atoms with van der Waals surface area (Å²) in [5.74, 6) is -1.09. The first-order valence-electron chi connectivity index (χ1n) is 4.62. The van der Waals surface area contributed by atoms with Crippen LogP contribution in [0.15, 0.2) is 22.8 Å². The van der Waals surface area contributed by atoms with E-state index in [9.17, 15) is 17.1 Å². The quantitative estimate of drug-likeness (QED) is 0.434. The van der Waals surface area contributed by atoms with E-state index in [4.69, 9.17) is 9.15 Å². The Bertz CT molecular complexity index is 423. The van der Waals surface area contributed by atoms with E-state index in [1.165, 1.54) is 12.3 Å². The minimum Gasteiger partial charge on any atom is -0.460 e. The highest BCUT2D eigenvalue weighted by Gasteiger charge is 2.10. The number of carbonyl (C=O) groups excluding carboxylic acids is 1. The summed E-state index contributed by atoms with van der Waals surface area (Å²) in [5.41, 5.74) is 0. The van der Waals surface area contributed by atoms with Crippen molar-refractivity contribution in [3.8, 4) is 0 Å². The van der Waals surface area contributed by atoms with Crippen LogP contribution in [0.1, 0.15) is 23.4 Å². The third-order valence-electron chi connectivity index (χ3n) is 1.74. The Labute approximate surface area is 92.4 Å². The molecule has 0 N–H and O–H groups in total. The van der Waals surface area contributed by atoms with Crippen LogP contribution in [0.5, 0.6) is 0 Å². The monoisotopic (exact) mass is 250 g/mol. The van der Waals surface area contributed by atoms with Gasteiger partial charge >= 0.3 is 16.2 Å². The lowest BCUT2D eigenvalue weighted by atomic mass is 10.3. The summed E-state index contributed by atoms with van der Waals surface area (Å²) in [6.07, 6.45) is 1.74. The number of hydrogen-bond donors (Lipinski definition) is 0. The van der Waals surface area contributed by atoms with Crippen molar-refractivity contribution >= 4 is 16.2 Å². The van der Waals surface area contributed by atoms with Crippen molar-refractivity contribution in [1.82, 2.24) is 0 Å². The summed E-state index contributed by atoms with van der Waals surface area (Å²) in [7, 11) is -4.43. The Morgan fingerprint density at radius 1 is 1.44 bits per heavy atom. The first-order chi connectivity index (χ1) is 7.49. The molecule has 0 aliphatic heterocycles. The minimum absolute atomic E-state index is 0.0368. The highest BCUT2D eigenvalue weighted by Crippen LogP contribution is 2.04. The molecule has 0 unspecified atom stereocenters. The number of carbonyl (C=O) groups is 1. The van der Waals surface area contributed by atoms with Crippen molar-refractivity contribution in [2.24, 2.45) is 0 Å². The van der Waals surface area contributed by atoms with Crippen molar-refractivity contribution in [1.29, 1.82) is 0 Å². The van der Waals surface area contributed by atoms with Gasteiger partial charge in [-0.3, -0.25) is 0 Å². The summed E-state index contributed by atoms with van der Waals surface area (Å²) in [6.45, 7) is 0.0368. The van der Waals surface area contributed by atoms with Crippen molar-refractivity contribution in [2.45, 2.75) is 12.8 Å². The molecule has 7 heteroatoms. The lowest BCUT2D eigenvalue weighted by Crippen LogP contribution is -2.07. The highest BCUT2D eigenvalue weighted by atomic mass is 32.3. The van der Waals surface area contributed by atoms with Gasteiger partial charge in [-0.05, 0) is 25.0 Å². The molecule has 0 saturated carbocycles. The maximum absolute atomic E-state index is 12.0. The van der Waals surface area contributed by atoms with Gasteiger partial charge in [0.15, 0.2) is 0 Å². The van der Waals surface area contributed by atoms with Gasteiger partial charge in [0.1, 0.15) is 0 Å². The number of ether oxygens (including phenoxy) is 1. The van der Waals surface area contributed by atoms with Crippen molar-refractivity contribution < 1.29 is 26.3 Å². The molecule has 5 nitrogen and oxygen atoms in total. The molecule has 0 bridgehead atoms. The van der Waals surface area contributed by atoms with Gasteiger partial charge in [-0.25, -0.2) is 4.79 Å². The molecule has 0 aliphatic rings. The van der Waals surface area contributed by atoms with Gasteiger partial charge in [-0.1, -0.05) is 0 Å². The van der Waals surface area contributed by atoms with Gasteiger partial charge < -0.3 is 9.15 Å². The lowest BCUT2D eigenvalue weighted by molar-refractivity contribution is 0.0463. The van der Waals surface area contributed by atoms with Gasteiger partial charge in [0.2, 0.25) is 5.76 Å². The summed E-state index contributed by atoms with van der Waals surface area (Å²) >= 11 is 0. The van der Waals surface area contributed by atoms with Crippen LogP contribution in [0.4, 0.5) is 3.89 Å². The fraction of sp³-hybridized carbons (Fsp3) is 0.444. The molecule has 1 aromatic heterocycles. The molecule has 0 aromatic carbocycles. The Balaban J connectivity index is 2.15. The first kappa shape index (κ1) is 12.7. The van der Waals surface area contributed by atoms with Crippen molar-refractivity contribution in [3.05, 3.63) is 24.2 Å². The van der Waals surface area contributed by atoms with Crippen LogP contribution < -0.4 is 0 Å². The molecule has 0 radical (unpaired) electrons. The van der Waals surface area contributed by atoms with Gasteiger partial charge in [-0.15, -0.1) is 3.89 Å². The van der Waals surface area contributed by atoms with Crippen LogP contribution in [-0.2, 0) is 15.0 Å². The Morgan fingerprint density at radius 2 is 2.19 bits per heavy atom. The molecule has 0 aliphatic carbocycles. The number of hydrogen-bond acceptors (Lipinski definition) is 5. The number of halogens is 1. The van der Waals surface area contributed by atoms with Crippen LogP contribution in [0.2, 0.25) is 0 Å².